The number of rotatable bonds is 10. The van der Waals surface area contributed by atoms with Crippen molar-refractivity contribution in [1.82, 2.24) is 10.6 Å². The molecule has 7 heteroatoms. The number of nitrogens with one attached hydrogen (secondary N) is 4. The second-order valence-corrected chi connectivity index (χ2v) is 8.86. The van der Waals surface area contributed by atoms with Gasteiger partial charge in [0.25, 0.3) is 0 Å². The summed E-state index contributed by atoms with van der Waals surface area (Å²) in [7, 11) is 0. The molecule has 0 aromatic heterocycles. The third-order valence-electron chi connectivity index (χ3n) is 5.10. The average molecular weight is 477 g/mol. The minimum atomic E-state index is -0.355. The fourth-order valence-electron chi connectivity index (χ4n) is 3.36. The predicted molar refractivity (Wildman–Crippen MR) is 138 cm³/mol. The van der Waals surface area contributed by atoms with Crippen molar-refractivity contribution < 1.29 is 13.9 Å². The van der Waals surface area contributed by atoms with Crippen LogP contribution in [-0.4, -0.2) is 23.8 Å². The second-order valence-electron chi connectivity index (χ2n) is 8.86. The van der Waals surface area contributed by atoms with Gasteiger partial charge in [0.05, 0.1) is 0 Å². The molecular weight excluding hydrogens is 443 g/mol. The summed E-state index contributed by atoms with van der Waals surface area (Å²) in [6, 6.07) is 19.8. The minimum Gasteiger partial charge on any atom is -0.489 e. The Balaban J connectivity index is 1.57. The third-order valence-corrected chi connectivity index (χ3v) is 5.10. The van der Waals surface area contributed by atoms with Crippen LogP contribution < -0.4 is 20.1 Å². The van der Waals surface area contributed by atoms with Crippen LogP contribution in [0.25, 0.3) is 0 Å². The third kappa shape index (κ3) is 7.57. The standard InChI is InChI=1S/C28H33FN4O2/c1-18(2)32-27(30)20-8-12-24(13-9-20)34-16-22-6-5-7-23(26(22)29)17-35-25-14-10-21(11-15-25)28(31)33-19(3)4/h5-15,18-19H,16-17H2,1-4H3,(H2,30,32)(H2,31,33). The maximum absolute atomic E-state index is 15.0. The summed E-state index contributed by atoms with van der Waals surface area (Å²) in [5.41, 5.74) is 2.40. The Morgan fingerprint density at radius 3 is 1.40 bits per heavy atom. The summed E-state index contributed by atoms with van der Waals surface area (Å²) in [6.45, 7) is 8.09. The Hall–Kier alpha value is -3.87. The highest BCUT2D eigenvalue weighted by atomic mass is 19.1. The van der Waals surface area contributed by atoms with E-state index in [4.69, 9.17) is 20.3 Å². The largest absolute Gasteiger partial charge is 0.489 e. The van der Waals surface area contributed by atoms with Crippen molar-refractivity contribution in [1.29, 1.82) is 10.8 Å². The van der Waals surface area contributed by atoms with Crippen LogP contribution in [0, 0.1) is 16.6 Å². The monoisotopic (exact) mass is 476 g/mol. The molecule has 3 aromatic rings. The highest BCUT2D eigenvalue weighted by Gasteiger charge is 2.11. The molecule has 35 heavy (non-hydrogen) atoms. The predicted octanol–water partition coefficient (Wildman–Crippen LogP) is 5.63. The first-order chi connectivity index (χ1) is 16.7. The van der Waals surface area contributed by atoms with Crippen LogP contribution in [0.3, 0.4) is 0 Å². The van der Waals surface area contributed by atoms with E-state index in [0.717, 1.165) is 11.1 Å². The Morgan fingerprint density at radius 1 is 0.686 bits per heavy atom. The molecule has 3 aromatic carbocycles. The van der Waals surface area contributed by atoms with Crippen molar-refractivity contribution in [2.75, 3.05) is 0 Å². The molecule has 0 fully saturated rings. The van der Waals surface area contributed by atoms with Gasteiger partial charge in [-0.25, -0.2) is 4.39 Å². The van der Waals surface area contributed by atoms with Crippen molar-refractivity contribution >= 4 is 11.7 Å². The first-order valence-corrected chi connectivity index (χ1v) is 11.7. The highest BCUT2D eigenvalue weighted by Crippen LogP contribution is 2.20. The minimum absolute atomic E-state index is 0.0837. The lowest BCUT2D eigenvalue weighted by Gasteiger charge is -2.13. The lowest BCUT2D eigenvalue weighted by molar-refractivity contribution is 0.287. The molecule has 6 nitrogen and oxygen atoms in total. The molecule has 0 heterocycles. The zero-order valence-corrected chi connectivity index (χ0v) is 20.6. The van der Waals surface area contributed by atoms with E-state index in [0.29, 0.717) is 34.3 Å². The van der Waals surface area contributed by atoms with Gasteiger partial charge >= 0.3 is 0 Å². The SMILES string of the molecule is CC(C)NC(=N)c1ccc(OCc2cccc(COc3ccc(C(=N)NC(C)C)cc3)c2F)cc1. The van der Waals surface area contributed by atoms with Crippen LogP contribution >= 0.6 is 0 Å². The molecule has 0 bridgehead atoms. The van der Waals surface area contributed by atoms with Gasteiger partial charge in [-0.3, -0.25) is 10.8 Å². The van der Waals surface area contributed by atoms with E-state index in [2.05, 4.69) is 10.6 Å². The summed E-state index contributed by atoms with van der Waals surface area (Å²) in [5, 5.41) is 22.2. The highest BCUT2D eigenvalue weighted by molar-refractivity contribution is 5.97. The normalized spacial score (nSPS) is 10.8. The molecule has 0 radical (unpaired) electrons. The molecule has 0 saturated heterocycles. The van der Waals surface area contributed by atoms with Gasteiger partial charge in [-0.05, 0) is 76.2 Å². The smallest absolute Gasteiger partial charge is 0.136 e. The van der Waals surface area contributed by atoms with E-state index in [1.807, 2.05) is 27.7 Å². The van der Waals surface area contributed by atoms with Crippen molar-refractivity contribution in [3.05, 3.63) is 94.8 Å². The summed E-state index contributed by atoms with van der Waals surface area (Å²) in [6.07, 6.45) is 0. The van der Waals surface area contributed by atoms with Crippen molar-refractivity contribution in [2.24, 2.45) is 0 Å². The molecule has 3 rings (SSSR count). The second kappa shape index (κ2) is 12.0. The van der Waals surface area contributed by atoms with Crippen molar-refractivity contribution in [2.45, 2.75) is 53.0 Å². The summed E-state index contributed by atoms with van der Waals surface area (Å²) < 4.78 is 26.6. The molecule has 0 saturated carbocycles. The number of amidine groups is 2. The number of halogens is 1. The van der Waals surface area contributed by atoms with E-state index in [1.165, 1.54) is 0 Å². The quantitative estimate of drug-likeness (QED) is 0.225. The molecule has 0 aliphatic carbocycles. The number of benzene rings is 3. The topological polar surface area (TPSA) is 90.2 Å². The number of hydrogen-bond acceptors (Lipinski definition) is 4. The first kappa shape index (κ1) is 25.7. The van der Waals surface area contributed by atoms with Crippen LogP contribution in [-0.2, 0) is 13.2 Å². The number of hydrogen-bond donors (Lipinski definition) is 4. The molecule has 0 atom stereocenters. The van der Waals surface area contributed by atoms with E-state index >= 15 is 4.39 Å². The van der Waals surface area contributed by atoms with Crippen LogP contribution in [0.2, 0.25) is 0 Å². The molecular formula is C28H33FN4O2. The Bertz CT molecular complexity index is 1050. The zero-order valence-electron chi connectivity index (χ0n) is 20.6. The molecule has 0 spiro atoms. The summed E-state index contributed by atoms with van der Waals surface area (Å²) in [4.78, 5) is 0. The zero-order chi connectivity index (χ0) is 25.4. The van der Waals surface area contributed by atoms with E-state index in [-0.39, 0.29) is 31.1 Å². The van der Waals surface area contributed by atoms with Crippen LogP contribution in [0.1, 0.15) is 49.9 Å². The molecule has 0 unspecified atom stereocenters. The van der Waals surface area contributed by atoms with Crippen molar-refractivity contribution in [3.8, 4) is 11.5 Å². The molecule has 184 valence electrons. The van der Waals surface area contributed by atoms with Gasteiger partial charge in [0.1, 0.15) is 42.2 Å². The van der Waals surface area contributed by atoms with Gasteiger partial charge in [0.15, 0.2) is 0 Å². The van der Waals surface area contributed by atoms with Gasteiger partial charge in [0.2, 0.25) is 0 Å². The lowest BCUT2D eigenvalue weighted by atomic mass is 10.1. The summed E-state index contributed by atoms with van der Waals surface area (Å²) >= 11 is 0. The fourth-order valence-corrected chi connectivity index (χ4v) is 3.36. The first-order valence-electron chi connectivity index (χ1n) is 11.7. The molecule has 0 aliphatic heterocycles. The van der Waals surface area contributed by atoms with Crippen LogP contribution in [0.5, 0.6) is 11.5 Å². The summed E-state index contributed by atoms with van der Waals surface area (Å²) in [5.74, 6) is 1.55. The average Bonchev–Trinajstić information content (AvgIpc) is 2.82. The van der Waals surface area contributed by atoms with E-state index < -0.39 is 0 Å². The lowest BCUT2D eigenvalue weighted by Crippen LogP contribution is -2.30. The maximum Gasteiger partial charge on any atom is 0.136 e. The Morgan fingerprint density at radius 2 is 1.06 bits per heavy atom. The van der Waals surface area contributed by atoms with Crippen LogP contribution in [0.15, 0.2) is 66.7 Å². The van der Waals surface area contributed by atoms with Gasteiger partial charge < -0.3 is 20.1 Å². The fraction of sp³-hybridized carbons (Fsp3) is 0.286. The van der Waals surface area contributed by atoms with Gasteiger partial charge in [-0.1, -0.05) is 18.2 Å². The molecule has 0 amide bonds. The van der Waals surface area contributed by atoms with Gasteiger partial charge in [-0.2, -0.15) is 0 Å². The van der Waals surface area contributed by atoms with Crippen LogP contribution in [0.4, 0.5) is 4.39 Å². The maximum atomic E-state index is 15.0. The Kier molecular flexibility index (Phi) is 8.84. The number of ether oxygens (including phenoxy) is 2. The van der Waals surface area contributed by atoms with E-state index in [1.54, 1.807) is 66.7 Å². The Labute approximate surface area is 206 Å². The van der Waals surface area contributed by atoms with Gasteiger partial charge in [0, 0.05) is 34.3 Å². The van der Waals surface area contributed by atoms with E-state index in [9.17, 15) is 0 Å². The van der Waals surface area contributed by atoms with Gasteiger partial charge in [-0.15, -0.1) is 0 Å². The molecule has 4 N–H and O–H groups in total. The van der Waals surface area contributed by atoms with Crippen molar-refractivity contribution in [3.63, 3.8) is 0 Å². The molecule has 0 aliphatic rings.